The minimum atomic E-state index is -0.452. The highest BCUT2D eigenvalue weighted by Crippen LogP contribution is 2.28. The molecule has 1 amide bonds. The molecule has 0 aliphatic carbocycles. The van der Waals surface area contributed by atoms with Crippen molar-refractivity contribution in [2.24, 2.45) is 5.73 Å². The summed E-state index contributed by atoms with van der Waals surface area (Å²) < 4.78 is 0. The second-order valence-electron chi connectivity index (χ2n) is 3.76. The van der Waals surface area contributed by atoms with Gasteiger partial charge < -0.3 is 10.7 Å². The van der Waals surface area contributed by atoms with Crippen LogP contribution in [0.15, 0.2) is 36.7 Å². The molecular weight excluding hydrogens is 216 g/mol. The number of rotatable bonds is 2. The van der Waals surface area contributed by atoms with E-state index >= 15 is 0 Å². The van der Waals surface area contributed by atoms with Crippen LogP contribution in [0.25, 0.3) is 22.2 Å². The third-order valence-electron chi connectivity index (χ3n) is 2.74. The van der Waals surface area contributed by atoms with Crippen LogP contribution in [0, 0.1) is 0 Å². The molecule has 3 aromatic rings. The number of H-pyrrole nitrogens is 2. The minimum Gasteiger partial charge on any atom is -0.366 e. The summed E-state index contributed by atoms with van der Waals surface area (Å²) in [6, 6.07) is 7.17. The zero-order valence-electron chi connectivity index (χ0n) is 8.90. The molecule has 17 heavy (non-hydrogen) atoms. The predicted molar refractivity (Wildman–Crippen MR) is 64.4 cm³/mol. The van der Waals surface area contributed by atoms with Crippen molar-refractivity contribution in [2.75, 3.05) is 0 Å². The third kappa shape index (κ3) is 1.40. The number of hydrogen-bond acceptors (Lipinski definition) is 2. The first-order chi connectivity index (χ1) is 8.27. The third-order valence-corrected chi connectivity index (χ3v) is 2.74. The van der Waals surface area contributed by atoms with Gasteiger partial charge in [-0.1, -0.05) is 18.2 Å². The smallest absolute Gasteiger partial charge is 0.249 e. The number of nitrogens with zero attached hydrogens (tertiary/aromatic N) is 1. The number of carbonyl (C=O) groups is 1. The number of nitrogens with two attached hydrogens (primary N) is 1. The highest BCUT2D eigenvalue weighted by Gasteiger charge is 2.14. The van der Waals surface area contributed by atoms with E-state index in [-0.39, 0.29) is 0 Å². The molecule has 0 bridgehead atoms. The molecule has 0 spiro atoms. The summed E-state index contributed by atoms with van der Waals surface area (Å²) in [5.74, 6) is -0.452. The Balaban J connectivity index is 2.29. The number of fused-ring (bicyclic) bond motifs is 1. The van der Waals surface area contributed by atoms with Gasteiger partial charge in [-0.25, -0.2) is 0 Å². The Bertz CT molecular complexity index is 695. The highest BCUT2D eigenvalue weighted by atomic mass is 16.1. The second-order valence-corrected chi connectivity index (χ2v) is 3.76. The lowest BCUT2D eigenvalue weighted by Crippen LogP contribution is -2.12. The number of amides is 1. The summed E-state index contributed by atoms with van der Waals surface area (Å²) in [7, 11) is 0. The molecule has 0 unspecified atom stereocenters. The van der Waals surface area contributed by atoms with E-state index in [0.29, 0.717) is 5.56 Å². The van der Waals surface area contributed by atoms with Gasteiger partial charge in [0.15, 0.2) is 0 Å². The number of benzene rings is 1. The second kappa shape index (κ2) is 3.48. The lowest BCUT2D eigenvalue weighted by Gasteiger charge is -2.02. The average Bonchev–Trinajstić information content (AvgIpc) is 2.90. The van der Waals surface area contributed by atoms with E-state index in [9.17, 15) is 4.79 Å². The van der Waals surface area contributed by atoms with Crippen LogP contribution in [-0.4, -0.2) is 21.1 Å². The largest absolute Gasteiger partial charge is 0.366 e. The van der Waals surface area contributed by atoms with Crippen molar-refractivity contribution < 1.29 is 4.79 Å². The fraction of sp³-hybridized carbons (Fsp3) is 0. The van der Waals surface area contributed by atoms with Crippen molar-refractivity contribution in [1.82, 2.24) is 15.2 Å². The van der Waals surface area contributed by atoms with Gasteiger partial charge in [0.25, 0.3) is 0 Å². The molecule has 0 aliphatic rings. The van der Waals surface area contributed by atoms with Crippen LogP contribution in [0.2, 0.25) is 0 Å². The molecule has 0 saturated carbocycles. The Hall–Kier alpha value is -2.56. The van der Waals surface area contributed by atoms with Crippen LogP contribution < -0.4 is 5.73 Å². The summed E-state index contributed by atoms with van der Waals surface area (Å²) in [6.45, 7) is 0. The molecule has 0 saturated heterocycles. The Morgan fingerprint density at radius 1 is 1.24 bits per heavy atom. The lowest BCUT2D eigenvalue weighted by molar-refractivity contribution is 0.100. The number of aromatic nitrogens is 3. The van der Waals surface area contributed by atoms with Gasteiger partial charge in [0.2, 0.25) is 5.91 Å². The van der Waals surface area contributed by atoms with E-state index in [1.165, 1.54) is 0 Å². The van der Waals surface area contributed by atoms with Crippen molar-refractivity contribution in [2.45, 2.75) is 0 Å². The van der Waals surface area contributed by atoms with Crippen LogP contribution in [0.1, 0.15) is 10.4 Å². The first kappa shape index (κ1) is 9.65. The molecule has 5 nitrogen and oxygen atoms in total. The number of hydrogen-bond donors (Lipinski definition) is 3. The summed E-state index contributed by atoms with van der Waals surface area (Å²) in [4.78, 5) is 14.4. The highest BCUT2D eigenvalue weighted by molar-refractivity contribution is 6.03. The zero-order chi connectivity index (χ0) is 11.8. The molecule has 84 valence electrons. The summed E-state index contributed by atoms with van der Waals surface area (Å²) >= 11 is 0. The van der Waals surface area contributed by atoms with Gasteiger partial charge in [0.1, 0.15) is 5.69 Å². The van der Waals surface area contributed by atoms with Crippen LogP contribution in [-0.2, 0) is 0 Å². The van der Waals surface area contributed by atoms with E-state index in [0.717, 1.165) is 22.2 Å². The Morgan fingerprint density at radius 3 is 2.88 bits per heavy atom. The van der Waals surface area contributed by atoms with Gasteiger partial charge in [-0.15, -0.1) is 0 Å². The zero-order valence-corrected chi connectivity index (χ0v) is 8.90. The van der Waals surface area contributed by atoms with Gasteiger partial charge >= 0.3 is 0 Å². The number of primary amides is 1. The monoisotopic (exact) mass is 226 g/mol. The maximum atomic E-state index is 11.4. The normalized spacial score (nSPS) is 10.8. The van der Waals surface area contributed by atoms with E-state index < -0.39 is 5.91 Å². The number of aromatic amines is 2. The average molecular weight is 226 g/mol. The Morgan fingerprint density at radius 2 is 2.06 bits per heavy atom. The van der Waals surface area contributed by atoms with Gasteiger partial charge in [-0.2, -0.15) is 5.10 Å². The van der Waals surface area contributed by atoms with E-state index in [4.69, 9.17) is 5.73 Å². The van der Waals surface area contributed by atoms with Gasteiger partial charge in [-0.3, -0.25) is 9.89 Å². The first-order valence-electron chi connectivity index (χ1n) is 5.17. The molecule has 2 heterocycles. The van der Waals surface area contributed by atoms with E-state index in [1.54, 1.807) is 12.1 Å². The SMILES string of the molecule is NC(=O)c1ccccc1-c1n[nH]c2c[nH]cc12. The lowest BCUT2D eigenvalue weighted by atomic mass is 10.0. The van der Waals surface area contributed by atoms with Crippen molar-refractivity contribution in [3.8, 4) is 11.3 Å². The van der Waals surface area contributed by atoms with Gasteiger partial charge in [-0.05, 0) is 6.07 Å². The molecule has 3 rings (SSSR count). The quantitative estimate of drug-likeness (QED) is 0.620. The summed E-state index contributed by atoms with van der Waals surface area (Å²) in [5, 5.41) is 8.06. The maximum Gasteiger partial charge on any atom is 0.249 e. The Labute approximate surface area is 96.6 Å². The summed E-state index contributed by atoms with van der Waals surface area (Å²) in [6.07, 6.45) is 3.66. The molecule has 2 aromatic heterocycles. The van der Waals surface area contributed by atoms with E-state index in [1.807, 2.05) is 24.5 Å². The predicted octanol–water partition coefficient (Wildman–Crippen LogP) is 1.66. The van der Waals surface area contributed by atoms with Crippen molar-refractivity contribution in [3.05, 3.63) is 42.2 Å². The van der Waals surface area contributed by atoms with Crippen molar-refractivity contribution in [3.63, 3.8) is 0 Å². The van der Waals surface area contributed by atoms with Crippen LogP contribution >= 0.6 is 0 Å². The van der Waals surface area contributed by atoms with Crippen LogP contribution in [0.3, 0.4) is 0 Å². The van der Waals surface area contributed by atoms with Crippen LogP contribution in [0.5, 0.6) is 0 Å². The fourth-order valence-electron chi connectivity index (χ4n) is 1.94. The molecule has 5 heteroatoms. The van der Waals surface area contributed by atoms with Gasteiger partial charge in [0.05, 0.1) is 5.52 Å². The molecule has 1 aromatic carbocycles. The van der Waals surface area contributed by atoms with Crippen LogP contribution in [0.4, 0.5) is 0 Å². The number of carbonyl (C=O) groups excluding carboxylic acids is 1. The standard InChI is InChI=1S/C12H10N4O/c13-12(17)8-4-2-1-3-7(8)11-9-5-14-6-10(9)15-16-11/h1-6,14-15H,(H2,13,17). The Kier molecular flexibility index (Phi) is 1.98. The molecule has 4 N–H and O–H groups in total. The minimum absolute atomic E-state index is 0.452. The van der Waals surface area contributed by atoms with Crippen molar-refractivity contribution in [1.29, 1.82) is 0 Å². The maximum absolute atomic E-state index is 11.4. The molecular formula is C12H10N4O. The van der Waals surface area contributed by atoms with Crippen molar-refractivity contribution >= 4 is 16.8 Å². The molecule has 0 fully saturated rings. The number of nitrogens with one attached hydrogen (secondary N) is 2. The molecule has 0 atom stereocenters. The first-order valence-corrected chi connectivity index (χ1v) is 5.17. The fourth-order valence-corrected chi connectivity index (χ4v) is 1.94. The van der Waals surface area contributed by atoms with E-state index in [2.05, 4.69) is 15.2 Å². The summed E-state index contributed by atoms with van der Waals surface area (Å²) in [5.41, 5.74) is 8.21. The molecule has 0 aliphatic heterocycles. The molecule has 0 radical (unpaired) electrons. The van der Waals surface area contributed by atoms with Gasteiger partial charge in [0, 0.05) is 28.9 Å². The topological polar surface area (TPSA) is 87.6 Å².